The van der Waals surface area contributed by atoms with Gasteiger partial charge in [0.1, 0.15) is 0 Å². The SMILES string of the molecule is CN(Cc1c(C2CC2)nc2sccn12)CC(C)(C)O. The van der Waals surface area contributed by atoms with Crippen molar-refractivity contribution in [3.05, 3.63) is 23.0 Å². The molecule has 1 N–H and O–H groups in total. The van der Waals surface area contributed by atoms with E-state index >= 15 is 0 Å². The minimum Gasteiger partial charge on any atom is -0.389 e. The van der Waals surface area contributed by atoms with E-state index in [1.165, 1.54) is 24.2 Å². The number of aromatic nitrogens is 2. The molecule has 0 aliphatic heterocycles. The highest BCUT2D eigenvalue weighted by Gasteiger charge is 2.31. The molecule has 0 saturated heterocycles. The summed E-state index contributed by atoms with van der Waals surface area (Å²) in [4.78, 5) is 8.04. The van der Waals surface area contributed by atoms with Gasteiger partial charge in [-0.2, -0.15) is 0 Å². The molecule has 0 atom stereocenters. The molecule has 1 aliphatic carbocycles. The highest BCUT2D eigenvalue weighted by Crippen LogP contribution is 2.42. The van der Waals surface area contributed by atoms with Gasteiger partial charge >= 0.3 is 0 Å². The Bertz CT molecular complexity index is 577. The Hall–Kier alpha value is -0.910. The van der Waals surface area contributed by atoms with Gasteiger partial charge in [0.05, 0.1) is 17.0 Å². The number of imidazole rings is 1. The maximum atomic E-state index is 9.92. The van der Waals surface area contributed by atoms with E-state index in [2.05, 4.69) is 27.9 Å². The maximum Gasteiger partial charge on any atom is 0.194 e. The van der Waals surface area contributed by atoms with Gasteiger partial charge in [-0.3, -0.25) is 9.30 Å². The van der Waals surface area contributed by atoms with Crippen LogP contribution in [-0.4, -0.2) is 38.6 Å². The van der Waals surface area contributed by atoms with Crippen molar-refractivity contribution >= 4 is 16.3 Å². The summed E-state index contributed by atoms with van der Waals surface area (Å²) in [5, 5.41) is 12.0. The predicted octanol–water partition coefficient (Wildman–Crippen LogP) is 2.48. The maximum absolute atomic E-state index is 9.92. The number of nitrogens with zero attached hydrogens (tertiary/aromatic N) is 3. The smallest absolute Gasteiger partial charge is 0.194 e. The summed E-state index contributed by atoms with van der Waals surface area (Å²) in [6.07, 6.45) is 4.65. The molecule has 2 heterocycles. The van der Waals surface area contributed by atoms with Gasteiger partial charge in [-0.05, 0) is 33.7 Å². The Morgan fingerprint density at radius 3 is 2.89 bits per heavy atom. The van der Waals surface area contributed by atoms with E-state index in [0.717, 1.165) is 11.5 Å². The second-order valence-electron chi connectivity index (χ2n) is 6.26. The fourth-order valence-electron chi connectivity index (χ4n) is 2.66. The Balaban J connectivity index is 1.86. The summed E-state index contributed by atoms with van der Waals surface area (Å²) in [6, 6.07) is 0. The molecule has 1 fully saturated rings. The number of likely N-dealkylation sites (N-methyl/N-ethyl adjacent to an activating group) is 1. The first-order valence-electron chi connectivity index (χ1n) is 6.79. The molecule has 0 unspecified atom stereocenters. The van der Waals surface area contributed by atoms with Gasteiger partial charge in [-0.1, -0.05) is 0 Å². The van der Waals surface area contributed by atoms with Crippen LogP contribution in [0.5, 0.6) is 0 Å². The standard InChI is InChI=1S/C14H21N3OS/c1-14(2,18)9-16(3)8-11-12(10-4-5-10)15-13-17(11)6-7-19-13/h6-7,10,18H,4-5,8-9H2,1-3H3. The minimum absolute atomic E-state index is 0.660. The molecular formula is C14H21N3OS. The molecule has 0 radical (unpaired) electrons. The third kappa shape index (κ3) is 2.83. The average molecular weight is 279 g/mol. The van der Waals surface area contributed by atoms with Crippen LogP contribution in [0.25, 0.3) is 4.96 Å². The van der Waals surface area contributed by atoms with E-state index < -0.39 is 5.60 Å². The fraction of sp³-hybridized carbons (Fsp3) is 0.643. The van der Waals surface area contributed by atoms with Crippen molar-refractivity contribution in [3.8, 4) is 0 Å². The monoisotopic (exact) mass is 279 g/mol. The second-order valence-corrected chi connectivity index (χ2v) is 7.13. The van der Waals surface area contributed by atoms with Gasteiger partial charge in [0.15, 0.2) is 4.96 Å². The van der Waals surface area contributed by atoms with Crippen molar-refractivity contribution in [2.45, 2.75) is 44.8 Å². The first-order chi connectivity index (χ1) is 8.94. The zero-order valence-corrected chi connectivity index (χ0v) is 12.6. The molecule has 0 amide bonds. The van der Waals surface area contributed by atoms with Gasteiger partial charge in [0, 0.05) is 30.6 Å². The summed E-state index contributed by atoms with van der Waals surface area (Å²) in [7, 11) is 2.06. The molecule has 0 bridgehead atoms. The molecule has 0 spiro atoms. The first kappa shape index (κ1) is 13.1. The lowest BCUT2D eigenvalue weighted by atomic mass is 10.1. The number of rotatable bonds is 5. The summed E-state index contributed by atoms with van der Waals surface area (Å²) in [5.41, 5.74) is 1.91. The zero-order chi connectivity index (χ0) is 13.6. The number of aliphatic hydroxyl groups is 1. The van der Waals surface area contributed by atoms with E-state index in [-0.39, 0.29) is 0 Å². The highest BCUT2D eigenvalue weighted by molar-refractivity contribution is 7.15. The molecule has 5 heteroatoms. The highest BCUT2D eigenvalue weighted by atomic mass is 32.1. The normalized spacial score (nSPS) is 16.7. The lowest BCUT2D eigenvalue weighted by Gasteiger charge is -2.25. The van der Waals surface area contributed by atoms with Crippen LogP contribution in [0.3, 0.4) is 0 Å². The van der Waals surface area contributed by atoms with E-state index in [9.17, 15) is 5.11 Å². The number of hydrogen-bond donors (Lipinski definition) is 1. The zero-order valence-electron chi connectivity index (χ0n) is 11.8. The molecule has 1 saturated carbocycles. The number of fused-ring (bicyclic) bond motifs is 1. The first-order valence-corrected chi connectivity index (χ1v) is 7.67. The van der Waals surface area contributed by atoms with Crippen LogP contribution >= 0.6 is 11.3 Å². The molecule has 2 aromatic heterocycles. The molecule has 4 nitrogen and oxygen atoms in total. The Morgan fingerprint density at radius 1 is 1.53 bits per heavy atom. The Kier molecular flexibility index (Phi) is 3.15. The molecule has 0 aromatic carbocycles. The van der Waals surface area contributed by atoms with Crippen molar-refractivity contribution < 1.29 is 5.11 Å². The van der Waals surface area contributed by atoms with Crippen molar-refractivity contribution in [1.82, 2.24) is 14.3 Å². The molecule has 1 aliphatic rings. The van der Waals surface area contributed by atoms with Crippen molar-refractivity contribution in [2.24, 2.45) is 0 Å². The van der Waals surface area contributed by atoms with Crippen molar-refractivity contribution in [3.63, 3.8) is 0 Å². The van der Waals surface area contributed by atoms with Gasteiger partial charge in [-0.25, -0.2) is 4.98 Å². The minimum atomic E-state index is -0.660. The van der Waals surface area contributed by atoms with Crippen molar-refractivity contribution in [1.29, 1.82) is 0 Å². The third-order valence-electron chi connectivity index (χ3n) is 3.43. The summed E-state index contributed by atoms with van der Waals surface area (Å²) in [5.74, 6) is 0.664. The largest absolute Gasteiger partial charge is 0.389 e. The second kappa shape index (κ2) is 4.58. The molecule has 19 heavy (non-hydrogen) atoms. The predicted molar refractivity (Wildman–Crippen MR) is 77.7 cm³/mol. The Labute approximate surface area is 117 Å². The van der Waals surface area contributed by atoms with E-state index in [0.29, 0.717) is 12.5 Å². The van der Waals surface area contributed by atoms with E-state index in [4.69, 9.17) is 4.98 Å². The van der Waals surface area contributed by atoms with Crippen LogP contribution in [0.15, 0.2) is 11.6 Å². The Morgan fingerprint density at radius 2 is 2.26 bits per heavy atom. The van der Waals surface area contributed by atoms with Gasteiger partial charge in [0.25, 0.3) is 0 Å². The topological polar surface area (TPSA) is 40.8 Å². The van der Waals surface area contributed by atoms with Gasteiger partial charge < -0.3 is 5.11 Å². The fourth-order valence-corrected chi connectivity index (χ4v) is 3.40. The number of thiazole rings is 1. The van der Waals surface area contributed by atoms with Gasteiger partial charge in [-0.15, -0.1) is 11.3 Å². The summed E-state index contributed by atoms with van der Waals surface area (Å²) in [6.45, 7) is 5.20. The van der Waals surface area contributed by atoms with Crippen LogP contribution in [0.2, 0.25) is 0 Å². The average Bonchev–Trinajstić information content (AvgIpc) is 2.91. The lowest BCUT2D eigenvalue weighted by Crippen LogP contribution is -2.36. The quantitative estimate of drug-likeness (QED) is 0.914. The van der Waals surface area contributed by atoms with E-state index in [1.807, 2.05) is 13.8 Å². The molecule has 3 rings (SSSR count). The molecule has 104 valence electrons. The van der Waals surface area contributed by atoms with Crippen LogP contribution < -0.4 is 0 Å². The lowest BCUT2D eigenvalue weighted by molar-refractivity contribution is 0.0420. The third-order valence-corrected chi connectivity index (χ3v) is 4.19. The van der Waals surface area contributed by atoms with Crippen molar-refractivity contribution in [2.75, 3.05) is 13.6 Å². The molecule has 2 aromatic rings. The van der Waals surface area contributed by atoms with Crippen LogP contribution in [0.1, 0.15) is 44.0 Å². The summed E-state index contributed by atoms with van der Waals surface area (Å²) >= 11 is 1.69. The summed E-state index contributed by atoms with van der Waals surface area (Å²) < 4.78 is 2.21. The molecular weight excluding hydrogens is 258 g/mol. The van der Waals surface area contributed by atoms with Crippen LogP contribution in [0.4, 0.5) is 0 Å². The number of hydrogen-bond acceptors (Lipinski definition) is 4. The van der Waals surface area contributed by atoms with Gasteiger partial charge in [0.2, 0.25) is 0 Å². The van der Waals surface area contributed by atoms with Crippen LogP contribution in [-0.2, 0) is 6.54 Å². The van der Waals surface area contributed by atoms with Crippen LogP contribution in [0, 0.1) is 0 Å². The van der Waals surface area contributed by atoms with E-state index in [1.54, 1.807) is 11.3 Å².